The number of unbranched alkanes of at least 4 members (excludes halogenated alkanes) is 12. The van der Waals surface area contributed by atoms with E-state index in [-0.39, 0.29) is 26.4 Å². The SMILES string of the molecule is CCCCCCOc1cc(Cn2cc(COCCOCCOCCOCCOCCOCCOCCOCCO[P+](=O)OCCOCCOCCOCCOCCOCCOCCOCCOCc3cn(Cc4cc(OCCCCCC)cc(OCCCCCC)c4)nn3)nn2)cc(OCCCCCC)c1. The van der Waals surface area contributed by atoms with Gasteiger partial charge in [-0.1, -0.05) is 115 Å². The highest BCUT2D eigenvalue weighted by Crippen LogP contribution is 2.27. The van der Waals surface area contributed by atoms with E-state index in [4.69, 9.17) is 104 Å². The fourth-order valence-corrected chi connectivity index (χ4v) is 10.3. The van der Waals surface area contributed by atoms with Crippen LogP contribution >= 0.6 is 8.25 Å². The van der Waals surface area contributed by atoms with Crippen LogP contribution in [0.15, 0.2) is 48.8 Å². The van der Waals surface area contributed by atoms with Gasteiger partial charge in [-0.05, 0) is 61.1 Å². The summed E-state index contributed by atoms with van der Waals surface area (Å²) in [5, 5.41) is 17.2. The number of aromatic nitrogens is 6. The number of rotatable bonds is 82. The zero-order valence-corrected chi connectivity index (χ0v) is 65.6. The van der Waals surface area contributed by atoms with Gasteiger partial charge in [-0.25, -0.2) is 9.36 Å². The number of hydrogen-bond acceptors (Lipinski definition) is 27. The van der Waals surface area contributed by atoms with E-state index in [0.29, 0.717) is 238 Å². The van der Waals surface area contributed by atoms with Gasteiger partial charge in [0.15, 0.2) is 0 Å². The monoisotopic (exact) mass is 1530 g/mol. The first-order chi connectivity index (χ1) is 52.5. The number of hydrogen-bond donors (Lipinski definition) is 0. The van der Waals surface area contributed by atoms with Crippen molar-refractivity contribution in [3.05, 3.63) is 71.3 Å². The topological polar surface area (TPSA) is 282 Å². The largest absolute Gasteiger partial charge is 0.697 e. The predicted molar refractivity (Wildman–Crippen MR) is 400 cm³/mol. The summed E-state index contributed by atoms with van der Waals surface area (Å²) in [5.74, 6) is 3.28. The molecular weight excluding hydrogens is 1400 g/mol. The third-order valence-corrected chi connectivity index (χ3v) is 16.2. The standard InChI is InChI=1S/C76H132N6O23P/c1-5-9-13-17-21-100-73-57-69(58-74(61-73)101-22-18-14-10-6-2)63-81-65-71(77-79-81)67-98-51-49-94-43-41-90-35-33-86-27-25-84-29-31-88-37-39-92-45-47-96-53-55-104-106(83)105-56-54-97-48-46-93-40-38-89-32-30-85-26-28-87-34-36-91-42-44-95-50-52-99-68-72-66-82(80-78-72)64-70-59-75(102-23-19-15-11-7-3)62-76(60-70)103-24-20-16-12-8-4/h57-62,65-66H,5-56,63-64,67-68H2,1-4H3/q+1. The first kappa shape index (κ1) is 93.7. The lowest BCUT2D eigenvalue weighted by molar-refractivity contribution is -0.0245. The molecule has 0 spiro atoms. The van der Waals surface area contributed by atoms with Crippen LogP contribution in [0.1, 0.15) is 153 Å². The van der Waals surface area contributed by atoms with Crippen molar-refractivity contribution in [2.45, 2.75) is 157 Å². The Hall–Kier alpha value is -4.70. The van der Waals surface area contributed by atoms with E-state index < -0.39 is 8.25 Å². The van der Waals surface area contributed by atoms with Crippen LogP contribution in [0.4, 0.5) is 0 Å². The zero-order valence-electron chi connectivity index (χ0n) is 64.7. The summed E-state index contributed by atoms with van der Waals surface area (Å²) in [7, 11) is -2.28. The third-order valence-electron chi connectivity index (χ3n) is 15.4. The number of benzene rings is 2. The molecule has 4 aromatic rings. The second kappa shape index (κ2) is 70.7. The lowest BCUT2D eigenvalue weighted by atomic mass is 10.2. The minimum Gasteiger partial charge on any atom is -0.493 e. The highest BCUT2D eigenvalue weighted by Gasteiger charge is 2.20. The minimum absolute atomic E-state index is 0.122. The molecule has 0 saturated carbocycles. The summed E-state index contributed by atoms with van der Waals surface area (Å²) in [6, 6.07) is 12.2. The minimum atomic E-state index is -2.28. The van der Waals surface area contributed by atoms with Crippen LogP contribution in [-0.4, -0.2) is 268 Å². The highest BCUT2D eigenvalue weighted by atomic mass is 31.1. The van der Waals surface area contributed by atoms with Gasteiger partial charge in [-0.2, -0.15) is 0 Å². The average Bonchev–Trinajstić information content (AvgIpc) is 1.45. The molecule has 106 heavy (non-hydrogen) atoms. The van der Waals surface area contributed by atoms with E-state index >= 15 is 0 Å². The van der Waals surface area contributed by atoms with Gasteiger partial charge in [0.05, 0.1) is 263 Å². The van der Waals surface area contributed by atoms with Crippen molar-refractivity contribution in [3.63, 3.8) is 0 Å². The molecule has 4 rings (SSSR count). The van der Waals surface area contributed by atoms with Crippen LogP contribution in [0.3, 0.4) is 0 Å². The lowest BCUT2D eigenvalue weighted by Gasteiger charge is -2.13. The number of ether oxygens (including phenoxy) is 20. The van der Waals surface area contributed by atoms with E-state index in [1.165, 1.54) is 77.0 Å². The van der Waals surface area contributed by atoms with E-state index in [0.717, 1.165) is 71.2 Å². The molecule has 29 nitrogen and oxygen atoms in total. The van der Waals surface area contributed by atoms with Gasteiger partial charge in [0.25, 0.3) is 0 Å². The van der Waals surface area contributed by atoms with Gasteiger partial charge < -0.3 is 94.7 Å². The summed E-state index contributed by atoms with van der Waals surface area (Å²) in [6.45, 7) is 26.4. The molecule has 0 fully saturated rings. The third kappa shape index (κ3) is 55.7. The van der Waals surface area contributed by atoms with Crippen molar-refractivity contribution < 1.29 is 108 Å². The van der Waals surface area contributed by atoms with Crippen molar-refractivity contribution >= 4 is 8.25 Å². The van der Waals surface area contributed by atoms with Crippen LogP contribution in [0.5, 0.6) is 23.0 Å². The maximum atomic E-state index is 12.0. The molecule has 2 aromatic heterocycles. The molecule has 608 valence electrons. The Morgan fingerprint density at radius 1 is 0.264 bits per heavy atom. The molecule has 0 N–H and O–H groups in total. The Morgan fingerprint density at radius 2 is 0.481 bits per heavy atom. The molecule has 0 radical (unpaired) electrons. The van der Waals surface area contributed by atoms with Crippen molar-refractivity contribution in [1.29, 1.82) is 0 Å². The summed E-state index contributed by atoms with van der Waals surface area (Å²) < 4.78 is 140. The molecule has 0 aliphatic carbocycles. The quantitative estimate of drug-likeness (QED) is 0.0293. The molecule has 0 unspecified atom stereocenters. The fraction of sp³-hybridized carbons (Fsp3) is 0.789. The zero-order chi connectivity index (χ0) is 75.0. The van der Waals surface area contributed by atoms with Gasteiger partial charge in [0.1, 0.15) is 47.6 Å². The van der Waals surface area contributed by atoms with Crippen molar-refractivity contribution in [2.24, 2.45) is 0 Å². The van der Waals surface area contributed by atoms with Gasteiger partial charge in [0, 0.05) is 16.7 Å². The number of nitrogens with zero attached hydrogens (tertiary/aromatic N) is 6. The van der Waals surface area contributed by atoms with E-state index in [9.17, 15) is 4.57 Å². The van der Waals surface area contributed by atoms with Crippen molar-refractivity contribution in [3.8, 4) is 23.0 Å². The van der Waals surface area contributed by atoms with Crippen molar-refractivity contribution in [2.75, 3.05) is 238 Å². The Labute approximate surface area is 632 Å². The van der Waals surface area contributed by atoms with E-state index in [1.54, 1.807) is 9.36 Å². The fourth-order valence-electron chi connectivity index (χ4n) is 9.80. The lowest BCUT2D eigenvalue weighted by Crippen LogP contribution is -2.15. The molecule has 0 atom stereocenters. The molecule has 0 aliphatic rings. The van der Waals surface area contributed by atoms with Crippen molar-refractivity contribution in [1.82, 2.24) is 30.0 Å². The van der Waals surface area contributed by atoms with Crippen LogP contribution < -0.4 is 18.9 Å². The molecule has 0 amide bonds. The van der Waals surface area contributed by atoms with Crippen LogP contribution in [0.2, 0.25) is 0 Å². The first-order valence-electron chi connectivity index (χ1n) is 39.0. The van der Waals surface area contributed by atoms with E-state index in [2.05, 4.69) is 72.6 Å². The van der Waals surface area contributed by atoms with Crippen LogP contribution in [0.25, 0.3) is 0 Å². The normalized spacial score (nSPS) is 11.6. The van der Waals surface area contributed by atoms with Gasteiger partial charge in [-0.15, -0.1) is 19.2 Å². The highest BCUT2D eigenvalue weighted by molar-refractivity contribution is 7.33. The van der Waals surface area contributed by atoms with E-state index in [1.807, 2.05) is 24.5 Å². The molecule has 30 heteroatoms. The first-order valence-corrected chi connectivity index (χ1v) is 40.1. The summed E-state index contributed by atoms with van der Waals surface area (Å²) in [5.41, 5.74) is 3.58. The molecule has 0 saturated heterocycles. The summed E-state index contributed by atoms with van der Waals surface area (Å²) >= 11 is 0. The maximum absolute atomic E-state index is 12.0. The van der Waals surface area contributed by atoms with Gasteiger partial charge in [-0.3, -0.25) is 0 Å². The second-order valence-electron chi connectivity index (χ2n) is 24.6. The Balaban J connectivity index is 0.783. The molecule has 0 aliphatic heterocycles. The molecule has 2 heterocycles. The molecular formula is C76H132N6O23P+. The Kier molecular flexibility index (Phi) is 62.5. The Bertz CT molecular complexity index is 2370. The van der Waals surface area contributed by atoms with Crippen LogP contribution in [-0.2, 0) is 116 Å². The van der Waals surface area contributed by atoms with Crippen LogP contribution in [0, 0.1) is 0 Å². The predicted octanol–water partition coefficient (Wildman–Crippen LogP) is 11.5. The smallest absolute Gasteiger partial charge is 0.493 e. The van der Waals surface area contributed by atoms with Gasteiger partial charge >= 0.3 is 8.25 Å². The summed E-state index contributed by atoms with van der Waals surface area (Å²) in [6.07, 6.45) is 22.3. The summed E-state index contributed by atoms with van der Waals surface area (Å²) in [4.78, 5) is 0. The Morgan fingerprint density at radius 3 is 0.708 bits per heavy atom. The van der Waals surface area contributed by atoms with Gasteiger partial charge in [0.2, 0.25) is 0 Å². The average molecular weight is 1530 g/mol. The second-order valence-corrected chi connectivity index (χ2v) is 25.6. The maximum Gasteiger partial charge on any atom is 0.697 e. The molecule has 2 aromatic carbocycles. The molecule has 0 bridgehead atoms.